The van der Waals surface area contributed by atoms with E-state index in [0.29, 0.717) is 11.3 Å². The van der Waals surface area contributed by atoms with Crippen LogP contribution in [0.15, 0.2) is 181 Å². The Morgan fingerprint density at radius 2 is 1.10 bits per heavy atom. The third kappa shape index (κ3) is 10.9. The minimum atomic E-state index is -4.02. The van der Waals surface area contributed by atoms with Crippen LogP contribution in [0.4, 0.5) is 5.69 Å². The van der Waals surface area contributed by atoms with Crippen molar-refractivity contribution in [2.45, 2.75) is 31.6 Å². The number of amides is 1. The summed E-state index contributed by atoms with van der Waals surface area (Å²) in [4.78, 5) is 41.5. The maximum Gasteiger partial charge on any atom is 0.342 e. The fourth-order valence-corrected chi connectivity index (χ4v) is 7.95. The molecule has 0 aliphatic rings. The van der Waals surface area contributed by atoms with E-state index in [9.17, 15) is 22.8 Å². The molecule has 0 bridgehead atoms. The molecule has 0 radical (unpaired) electrons. The number of hydrogen-bond donors (Lipinski definition) is 0. The largest absolute Gasteiger partial charge is 0.488 e. The topological polar surface area (TPSA) is 120 Å². The Labute approximate surface area is 368 Å². The number of anilines is 1. The van der Waals surface area contributed by atoms with Gasteiger partial charge in [0.2, 0.25) is 15.9 Å². The average molecular weight is 859 g/mol. The Morgan fingerprint density at radius 3 is 1.65 bits per heavy atom. The molecule has 0 N–H and O–H groups in total. The van der Waals surface area contributed by atoms with Gasteiger partial charge in [-0.15, -0.1) is 0 Å². The van der Waals surface area contributed by atoms with Crippen LogP contribution in [0.3, 0.4) is 0 Å². The van der Waals surface area contributed by atoms with E-state index < -0.39 is 34.4 Å². The standard InChI is InChI=1S/C52H46N2O8S/c1-37-14-29-47(30-15-37)63(58,59)53(2)34-50(55)54(33-38-16-18-41(19-17-38)42-20-22-43(23-21-42)44-24-26-45(27-25-44)51(56)60-3)46-28-31-48(52(57)62-36-40-12-8-5-9-13-40)49(32-46)61-35-39-10-6-4-7-11-39/h4-32H,33-36H2,1-3H3. The van der Waals surface area contributed by atoms with Crippen LogP contribution >= 0.6 is 0 Å². The highest BCUT2D eigenvalue weighted by molar-refractivity contribution is 7.89. The van der Waals surface area contributed by atoms with Crippen LogP contribution in [0.2, 0.25) is 0 Å². The average Bonchev–Trinajstić information content (AvgIpc) is 3.32. The number of rotatable bonds is 16. The normalized spacial score (nSPS) is 11.2. The van der Waals surface area contributed by atoms with E-state index in [1.165, 1.54) is 31.2 Å². The van der Waals surface area contributed by atoms with Crippen LogP contribution < -0.4 is 9.64 Å². The molecule has 7 rings (SSSR count). The van der Waals surface area contributed by atoms with Gasteiger partial charge in [0.25, 0.3) is 0 Å². The molecule has 1 amide bonds. The molecule has 63 heavy (non-hydrogen) atoms. The highest BCUT2D eigenvalue weighted by Gasteiger charge is 2.27. The highest BCUT2D eigenvalue weighted by atomic mass is 32.2. The van der Waals surface area contributed by atoms with Crippen molar-refractivity contribution >= 4 is 33.6 Å². The van der Waals surface area contributed by atoms with Gasteiger partial charge in [-0.1, -0.05) is 139 Å². The lowest BCUT2D eigenvalue weighted by Crippen LogP contribution is -2.41. The van der Waals surface area contributed by atoms with Gasteiger partial charge in [0, 0.05) is 18.8 Å². The van der Waals surface area contributed by atoms with Crippen molar-refractivity contribution in [3.8, 4) is 28.0 Å². The molecule has 0 aliphatic carbocycles. The predicted octanol–water partition coefficient (Wildman–Crippen LogP) is 9.91. The minimum Gasteiger partial charge on any atom is -0.488 e. The van der Waals surface area contributed by atoms with Crippen LogP contribution in [0.5, 0.6) is 5.75 Å². The molecule has 0 saturated carbocycles. The van der Waals surface area contributed by atoms with E-state index in [1.54, 1.807) is 42.5 Å². The van der Waals surface area contributed by atoms with Crippen molar-refractivity contribution in [1.82, 2.24) is 4.31 Å². The van der Waals surface area contributed by atoms with Crippen molar-refractivity contribution in [3.63, 3.8) is 0 Å². The summed E-state index contributed by atoms with van der Waals surface area (Å²) < 4.78 is 45.1. The number of methoxy groups -OCH3 is 1. The molecule has 0 aliphatic heterocycles. The molecule has 0 saturated heterocycles. The molecular formula is C52H46N2O8S. The van der Waals surface area contributed by atoms with Crippen molar-refractivity contribution in [1.29, 1.82) is 0 Å². The lowest BCUT2D eigenvalue weighted by Gasteiger charge is -2.27. The Hall–Kier alpha value is -7.34. The predicted molar refractivity (Wildman–Crippen MR) is 244 cm³/mol. The van der Waals surface area contributed by atoms with Crippen LogP contribution in [0.1, 0.15) is 43.0 Å². The number of carbonyl (C=O) groups is 3. The fourth-order valence-electron chi connectivity index (χ4n) is 6.83. The molecule has 0 fully saturated rings. The monoisotopic (exact) mass is 858 g/mol. The van der Waals surface area contributed by atoms with Crippen molar-refractivity contribution in [3.05, 3.63) is 209 Å². The quantitative estimate of drug-likeness (QED) is 0.0882. The number of hydrogen-bond acceptors (Lipinski definition) is 8. The van der Waals surface area contributed by atoms with Gasteiger partial charge >= 0.3 is 11.9 Å². The lowest BCUT2D eigenvalue weighted by molar-refractivity contribution is -0.118. The van der Waals surface area contributed by atoms with Gasteiger partial charge < -0.3 is 19.1 Å². The summed E-state index contributed by atoms with van der Waals surface area (Å²) >= 11 is 0. The van der Waals surface area contributed by atoms with Crippen molar-refractivity contribution < 1.29 is 37.0 Å². The van der Waals surface area contributed by atoms with Crippen molar-refractivity contribution in [2.24, 2.45) is 0 Å². The Kier molecular flexibility index (Phi) is 13.9. The van der Waals surface area contributed by atoms with Crippen LogP contribution in [0.25, 0.3) is 22.3 Å². The molecule has 0 heterocycles. The van der Waals surface area contributed by atoms with Gasteiger partial charge in [-0.05, 0) is 82.3 Å². The number of nitrogens with zero attached hydrogens (tertiary/aromatic N) is 2. The molecule has 0 spiro atoms. The van der Waals surface area contributed by atoms with Crippen LogP contribution in [-0.4, -0.2) is 51.3 Å². The zero-order chi connectivity index (χ0) is 44.3. The van der Waals surface area contributed by atoms with E-state index in [2.05, 4.69) is 0 Å². The Morgan fingerprint density at radius 1 is 0.571 bits per heavy atom. The molecule has 0 unspecified atom stereocenters. The Balaban J connectivity index is 1.17. The van der Waals surface area contributed by atoms with Gasteiger partial charge in [0.05, 0.1) is 30.7 Å². The van der Waals surface area contributed by atoms with E-state index >= 15 is 0 Å². The molecule has 0 aromatic heterocycles. The zero-order valence-electron chi connectivity index (χ0n) is 35.1. The van der Waals surface area contributed by atoms with E-state index in [4.69, 9.17) is 14.2 Å². The number of ether oxygens (including phenoxy) is 3. The zero-order valence-corrected chi connectivity index (χ0v) is 36.0. The third-order valence-corrected chi connectivity index (χ3v) is 12.3. The summed E-state index contributed by atoms with van der Waals surface area (Å²) in [7, 11) is -1.29. The Bertz CT molecular complexity index is 2780. The first kappa shape index (κ1) is 43.7. The first-order valence-electron chi connectivity index (χ1n) is 20.2. The van der Waals surface area contributed by atoms with Gasteiger partial charge in [0.15, 0.2) is 0 Å². The smallest absolute Gasteiger partial charge is 0.342 e. The molecule has 318 valence electrons. The molecule has 0 atom stereocenters. The number of carbonyl (C=O) groups excluding carboxylic acids is 3. The summed E-state index contributed by atoms with van der Waals surface area (Å²) in [5.74, 6) is -1.29. The second-order valence-electron chi connectivity index (χ2n) is 14.9. The minimum absolute atomic E-state index is 0.0539. The van der Waals surface area contributed by atoms with Gasteiger partial charge in [0.1, 0.15) is 24.5 Å². The second-order valence-corrected chi connectivity index (χ2v) is 17.0. The van der Waals surface area contributed by atoms with Crippen LogP contribution in [-0.2, 0) is 44.1 Å². The lowest BCUT2D eigenvalue weighted by atomic mass is 9.99. The van der Waals surface area contributed by atoms with Gasteiger partial charge in [-0.3, -0.25) is 4.79 Å². The SMILES string of the molecule is COC(=O)c1ccc(-c2ccc(-c3ccc(CN(C(=O)CN(C)S(=O)(=O)c4ccc(C)cc4)c4ccc(C(=O)OCc5ccccc5)c(OCc5ccccc5)c4)cc3)cc2)cc1. The molecule has 7 aromatic rings. The number of likely N-dealkylation sites (N-methyl/N-ethyl adjacent to an activating group) is 1. The molecule has 7 aromatic carbocycles. The number of benzene rings is 7. The summed E-state index contributed by atoms with van der Waals surface area (Å²) in [6, 6.07) is 53.2. The van der Waals surface area contributed by atoms with E-state index in [1.807, 2.05) is 128 Å². The molecule has 10 nitrogen and oxygen atoms in total. The van der Waals surface area contributed by atoms with Gasteiger partial charge in [-0.2, -0.15) is 4.31 Å². The second kappa shape index (κ2) is 20.0. The molecular weight excluding hydrogens is 813 g/mol. The number of aryl methyl sites for hydroxylation is 1. The fraction of sp³-hybridized carbons (Fsp3) is 0.135. The van der Waals surface area contributed by atoms with Gasteiger partial charge in [-0.25, -0.2) is 18.0 Å². The first-order chi connectivity index (χ1) is 30.5. The van der Waals surface area contributed by atoms with Crippen LogP contribution in [0, 0.1) is 6.92 Å². The van der Waals surface area contributed by atoms with E-state index in [-0.39, 0.29) is 36.0 Å². The summed E-state index contributed by atoms with van der Waals surface area (Å²) in [6.45, 7) is 1.67. The van der Waals surface area contributed by atoms with Crippen molar-refractivity contribution in [2.75, 3.05) is 25.6 Å². The maximum absolute atomic E-state index is 14.4. The first-order valence-corrected chi connectivity index (χ1v) is 21.7. The summed E-state index contributed by atoms with van der Waals surface area (Å²) in [5, 5.41) is 0. The third-order valence-electron chi connectivity index (χ3n) is 10.5. The summed E-state index contributed by atoms with van der Waals surface area (Å²) in [5.41, 5.74) is 8.27. The van der Waals surface area contributed by atoms with E-state index in [0.717, 1.165) is 48.8 Å². The summed E-state index contributed by atoms with van der Waals surface area (Å²) in [6.07, 6.45) is 0. The highest BCUT2D eigenvalue weighted by Crippen LogP contribution is 2.31. The molecule has 11 heteroatoms. The maximum atomic E-state index is 14.4. The number of sulfonamides is 1. The number of esters is 2.